The molecule has 0 radical (unpaired) electrons. The highest BCUT2D eigenvalue weighted by Gasteiger charge is 2.36. The van der Waals surface area contributed by atoms with Gasteiger partial charge in [-0.25, -0.2) is 0 Å². The molecule has 1 amide bonds. The number of carbonyl (C=O) groups excluding carboxylic acids is 1. The van der Waals surface area contributed by atoms with Crippen LogP contribution in [0.4, 0.5) is 0 Å². The van der Waals surface area contributed by atoms with Gasteiger partial charge in [-0.2, -0.15) is 0 Å². The second-order valence-corrected chi connectivity index (χ2v) is 7.55. The van der Waals surface area contributed by atoms with Gasteiger partial charge in [-0.15, -0.1) is 0 Å². The van der Waals surface area contributed by atoms with E-state index in [-0.39, 0.29) is 24.0 Å². The number of carbonyl (C=O) groups is 1. The van der Waals surface area contributed by atoms with Crippen molar-refractivity contribution >= 4 is 5.91 Å². The summed E-state index contributed by atoms with van der Waals surface area (Å²) < 4.78 is 16.6. The number of nitrogens with one attached hydrogen (secondary N) is 1. The second kappa shape index (κ2) is 8.23. The highest BCUT2D eigenvalue weighted by Crippen LogP contribution is 2.40. The quantitative estimate of drug-likeness (QED) is 0.828. The van der Waals surface area contributed by atoms with Crippen molar-refractivity contribution in [2.24, 2.45) is 0 Å². The molecule has 4 rings (SSSR count). The Kier molecular flexibility index (Phi) is 5.53. The van der Waals surface area contributed by atoms with E-state index in [2.05, 4.69) is 24.4 Å². The average molecular weight is 381 g/mol. The van der Waals surface area contributed by atoms with Gasteiger partial charge in [-0.05, 0) is 42.5 Å². The molecule has 1 fully saturated rings. The van der Waals surface area contributed by atoms with E-state index < -0.39 is 0 Å². The predicted molar refractivity (Wildman–Crippen MR) is 107 cm³/mol. The van der Waals surface area contributed by atoms with Gasteiger partial charge in [0.1, 0.15) is 0 Å². The molecule has 2 aliphatic heterocycles. The molecule has 5 nitrogen and oxygen atoms in total. The van der Waals surface area contributed by atoms with Gasteiger partial charge in [0.2, 0.25) is 12.7 Å². The van der Waals surface area contributed by atoms with E-state index in [1.165, 1.54) is 5.56 Å². The lowest BCUT2D eigenvalue weighted by Crippen LogP contribution is -2.45. The molecule has 5 heteroatoms. The third-order valence-electron chi connectivity index (χ3n) is 5.96. The third-order valence-corrected chi connectivity index (χ3v) is 5.96. The summed E-state index contributed by atoms with van der Waals surface area (Å²) in [6, 6.07) is 16.1. The van der Waals surface area contributed by atoms with Gasteiger partial charge in [0.25, 0.3) is 0 Å². The van der Waals surface area contributed by atoms with Crippen molar-refractivity contribution in [2.75, 3.05) is 26.6 Å². The number of benzene rings is 2. The minimum atomic E-state index is -0.149. The zero-order chi connectivity index (χ0) is 19.4. The Labute approximate surface area is 166 Å². The molecular formula is C23H27NO4. The fourth-order valence-electron chi connectivity index (χ4n) is 4.19. The maximum absolute atomic E-state index is 13.0. The van der Waals surface area contributed by atoms with Gasteiger partial charge < -0.3 is 19.5 Å². The van der Waals surface area contributed by atoms with Gasteiger partial charge in [-0.3, -0.25) is 4.79 Å². The van der Waals surface area contributed by atoms with Crippen LogP contribution in [0.2, 0.25) is 0 Å². The summed E-state index contributed by atoms with van der Waals surface area (Å²) in [5, 5.41) is 3.24. The van der Waals surface area contributed by atoms with Crippen molar-refractivity contribution in [2.45, 2.75) is 37.5 Å². The molecule has 0 aliphatic carbocycles. The summed E-state index contributed by atoms with van der Waals surface area (Å²) in [6.45, 7) is 4.30. The van der Waals surface area contributed by atoms with E-state index >= 15 is 0 Å². The Balaban J connectivity index is 1.53. The molecule has 1 unspecified atom stereocenters. The molecule has 2 heterocycles. The molecular weight excluding hydrogens is 354 g/mol. The zero-order valence-electron chi connectivity index (χ0n) is 16.3. The zero-order valence-corrected chi connectivity index (χ0v) is 16.3. The maximum atomic E-state index is 13.0. The Morgan fingerprint density at radius 1 is 1.07 bits per heavy atom. The van der Waals surface area contributed by atoms with E-state index in [1.807, 2.05) is 36.4 Å². The number of ether oxygens (including phenoxy) is 3. The second-order valence-electron chi connectivity index (χ2n) is 7.55. The Bertz CT molecular complexity index is 815. The fraction of sp³-hybridized carbons (Fsp3) is 0.435. The van der Waals surface area contributed by atoms with Crippen LogP contribution in [0, 0.1) is 0 Å². The molecule has 2 aromatic carbocycles. The van der Waals surface area contributed by atoms with Crippen LogP contribution in [-0.4, -0.2) is 32.5 Å². The highest BCUT2D eigenvalue weighted by atomic mass is 16.7. The number of fused-ring (bicyclic) bond motifs is 1. The van der Waals surface area contributed by atoms with Crippen LogP contribution in [-0.2, 0) is 14.9 Å². The van der Waals surface area contributed by atoms with Gasteiger partial charge >= 0.3 is 0 Å². The summed E-state index contributed by atoms with van der Waals surface area (Å²) in [5.41, 5.74) is 2.09. The van der Waals surface area contributed by atoms with E-state index in [4.69, 9.17) is 14.2 Å². The number of rotatable bonds is 6. The van der Waals surface area contributed by atoms with Gasteiger partial charge in [0.15, 0.2) is 11.5 Å². The smallest absolute Gasteiger partial charge is 0.231 e. The SMILES string of the molecule is CCC(C(=O)NCC1(c2ccc3c(c2)OCO3)CCOCC1)c1ccccc1. The van der Waals surface area contributed by atoms with Crippen LogP contribution in [0.1, 0.15) is 43.2 Å². The molecule has 0 spiro atoms. The lowest BCUT2D eigenvalue weighted by Gasteiger charge is -2.38. The summed E-state index contributed by atoms with van der Waals surface area (Å²) in [5.74, 6) is 1.52. The Hall–Kier alpha value is -2.53. The number of hydrogen-bond donors (Lipinski definition) is 1. The first-order valence-corrected chi connectivity index (χ1v) is 10.0. The van der Waals surface area contributed by atoms with Gasteiger partial charge in [-0.1, -0.05) is 43.3 Å². The number of amides is 1. The third kappa shape index (κ3) is 3.72. The summed E-state index contributed by atoms with van der Waals surface area (Å²) in [7, 11) is 0. The van der Waals surface area contributed by atoms with Crippen molar-refractivity contribution in [1.29, 1.82) is 0 Å². The molecule has 2 aromatic rings. The topological polar surface area (TPSA) is 56.8 Å². The Morgan fingerprint density at radius 3 is 2.57 bits per heavy atom. The van der Waals surface area contributed by atoms with Crippen LogP contribution in [0.5, 0.6) is 11.5 Å². The molecule has 1 saturated heterocycles. The van der Waals surface area contributed by atoms with Crippen LogP contribution in [0.25, 0.3) is 0 Å². The van der Waals surface area contributed by atoms with E-state index in [1.54, 1.807) is 0 Å². The van der Waals surface area contributed by atoms with Crippen LogP contribution in [0.3, 0.4) is 0 Å². The highest BCUT2D eigenvalue weighted by molar-refractivity contribution is 5.83. The van der Waals surface area contributed by atoms with E-state index in [0.29, 0.717) is 19.8 Å². The molecule has 0 aromatic heterocycles. The van der Waals surface area contributed by atoms with Crippen molar-refractivity contribution in [3.63, 3.8) is 0 Å². The Morgan fingerprint density at radius 2 is 1.82 bits per heavy atom. The lowest BCUT2D eigenvalue weighted by molar-refractivity contribution is -0.123. The minimum absolute atomic E-state index is 0.0836. The monoisotopic (exact) mass is 381 g/mol. The molecule has 1 atom stereocenters. The van der Waals surface area contributed by atoms with E-state index in [0.717, 1.165) is 36.3 Å². The standard InChI is InChI=1S/C23H27NO4/c1-2-19(17-6-4-3-5-7-17)22(25)24-15-23(10-12-26-13-11-23)18-8-9-20-21(14-18)28-16-27-20/h3-9,14,19H,2,10-13,15-16H2,1H3,(H,24,25). The predicted octanol–water partition coefficient (Wildman–Crippen LogP) is 3.77. The van der Waals surface area contributed by atoms with Crippen LogP contribution < -0.4 is 14.8 Å². The van der Waals surface area contributed by atoms with Crippen LogP contribution >= 0.6 is 0 Å². The summed E-state index contributed by atoms with van der Waals surface area (Å²) in [4.78, 5) is 13.0. The van der Waals surface area contributed by atoms with Crippen molar-refractivity contribution in [1.82, 2.24) is 5.32 Å². The molecule has 0 saturated carbocycles. The summed E-state index contributed by atoms with van der Waals surface area (Å²) in [6.07, 6.45) is 2.51. The molecule has 28 heavy (non-hydrogen) atoms. The first-order valence-electron chi connectivity index (χ1n) is 10.0. The maximum Gasteiger partial charge on any atom is 0.231 e. The molecule has 148 valence electrons. The normalized spacial score (nSPS) is 18.5. The first-order chi connectivity index (χ1) is 13.7. The minimum Gasteiger partial charge on any atom is -0.454 e. The van der Waals surface area contributed by atoms with Crippen LogP contribution in [0.15, 0.2) is 48.5 Å². The molecule has 1 N–H and O–H groups in total. The van der Waals surface area contributed by atoms with Crippen molar-refractivity contribution < 1.29 is 19.0 Å². The largest absolute Gasteiger partial charge is 0.454 e. The molecule has 0 bridgehead atoms. The van der Waals surface area contributed by atoms with Crippen molar-refractivity contribution in [3.05, 3.63) is 59.7 Å². The van der Waals surface area contributed by atoms with Crippen molar-refractivity contribution in [3.8, 4) is 11.5 Å². The van der Waals surface area contributed by atoms with Gasteiger partial charge in [0, 0.05) is 25.2 Å². The van der Waals surface area contributed by atoms with E-state index in [9.17, 15) is 4.79 Å². The van der Waals surface area contributed by atoms with Gasteiger partial charge in [0.05, 0.1) is 5.92 Å². The average Bonchev–Trinajstić information content (AvgIpc) is 3.22. The first kappa shape index (κ1) is 18.8. The lowest BCUT2D eigenvalue weighted by atomic mass is 9.74. The summed E-state index contributed by atoms with van der Waals surface area (Å²) >= 11 is 0. The molecule has 2 aliphatic rings. The fourth-order valence-corrected chi connectivity index (χ4v) is 4.19. The number of hydrogen-bond acceptors (Lipinski definition) is 4.